The van der Waals surface area contributed by atoms with Crippen LogP contribution in [0.25, 0.3) is 10.6 Å². The first-order valence-corrected chi connectivity index (χ1v) is 5.96. The molecule has 2 aromatic heterocycles. The van der Waals surface area contributed by atoms with Crippen molar-refractivity contribution in [1.82, 2.24) is 15.2 Å². The van der Waals surface area contributed by atoms with E-state index in [0.29, 0.717) is 5.88 Å². The van der Waals surface area contributed by atoms with Crippen LogP contribution in [0.3, 0.4) is 0 Å². The van der Waals surface area contributed by atoms with Crippen molar-refractivity contribution >= 4 is 22.9 Å². The van der Waals surface area contributed by atoms with Crippen LogP contribution in [-0.2, 0) is 6.42 Å². The Bertz CT molecular complexity index is 455. The molecule has 0 bridgehead atoms. The first-order valence-electron chi connectivity index (χ1n) is 4.61. The Morgan fingerprint density at radius 2 is 2.27 bits per heavy atom. The molecule has 0 N–H and O–H groups in total. The van der Waals surface area contributed by atoms with Gasteiger partial charge >= 0.3 is 0 Å². The van der Waals surface area contributed by atoms with E-state index in [1.54, 1.807) is 17.5 Å². The van der Waals surface area contributed by atoms with Gasteiger partial charge < -0.3 is 0 Å². The SMILES string of the molecule is Cc1cc(-c2nnc(CCCl)s2)ccn1. The molecule has 0 spiro atoms. The van der Waals surface area contributed by atoms with Gasteiger partial charge in [-0.15, -0.1) is 21.8 Å². The van der Waals surface area contributed by atoms with Crippen LogP contribution in [0.4, 0.5) is 0 Å². The molecule has 0 atom stereocenters. The van der Waals surface area contributed by atoms with Crippen molar-refractivity contribution in [2.24, 2.45) is 0 Å². The van der Waals surface area contributed by atoms with Crippen molar-refractivity contribution in [3.05, 3.63) is 29.0 Å². The van der Waals surface area contributed by atoms with Crippen LogP contribution >= 0.6 is 22.9 Å². The van der Waals surface area contributed by atoms with Gasteiger partial charge in [0.2, 0.25) is 0 Å². The fourth-order valence-corrected chi connectivity index (χ4v) is 2.36. The number of aryl methyl sites for hydroxylation is 2. The van der Waals surface area contributed by atoms with Gasteiger partial charge in [0.05, 0.1) is 0 Å². The summed E-state index contributed by atoms with van der Waals surface area (Å²) in [5.41, 5.74) is 2.06. The average Bonchev–Trinajstić information content (AvgIpc) is 2.67. The Balaban J connectivity index is 2.29. The maximum atomic E-state index is 5.65. The molecule has 2 aromatic rings. The van der Waals surface area contributed by atoms with Crippen molar-refractivity contribution in [3.8, 4) is 10.6 Å². The number of nitrogens with zero attached hydrogens (tertiary/aromatic N) is 3. The predicted octanol–water partition coefficient (Wildman–Crippen LogP) is 2.69. The second-order valence-electron chi connectivity index (χ2n) is 3.13. The van der Waals surface area contributed by atoms with Crippen LogP contribution in [0.5, 0.6) is 0 Å². The van der Waals surface area contributed by atoms with E-state index in [-0.39, 0.29) is 0 Å². The second-order valence-corrected chi connectivity index (χ2v) is 4.57. The Morgan fingerprint density at radius 1 is 1.40 bits per heavy atom. The maximum absolute atomic E-state index is 5.65. The molecule has 0 aromatic carbocycles. The molecule has 0 saturated heterocycles. The van der Waals surface area contributed by atoms with Gasteiger partial charge in [-0.3, -0.25) is 4.98 Å². The lowest BCUT2D eigenvalue weighted by atomic mass is 10.2. The summed E-state index contributed by atoms with van der Waals surface area (Å²) < 4.78 is 0. The molecule has 0 aliphatic carbocycles. The van der Waals surface area contributed by atoms with Crippen molar-refractivity contribution in [2.45, 2.75) is 13.3 Å². The Labute approximate surface area is 97.2 Å². The standard InChI is InChI=1S/C10H10ClN3S/c1-7-6-8(3-5-12-7)10-14-13-9(15-10)2-4-11/h3,5-6H,2,4H2,1H3. The van der Waals surface area contributed by atoms with E-state index in [9.17, 15) is 0 Å². The molecule has 3 nitrogen and oxygen atoms in total. The molecular weight excluding hydrogens is 230 g/mol. The zero-order valence-corrected chi connectivity index (χ0v) is 9.85. The van der Waals surface area contributed by atoms with Crippen LogP contribution in [0.15, 0.2) is 18.3 Å². The average molecular weight is 240 g/mol. The number of hydrogen-bond donors (Lipinski definition) is 0. The minimum Gasteiger partial charge on any atom is -0.262 e. The fourth-order valence-electron chi connectivity index (χ4n) is 1.23. The lowest BCUT2D eigenvalue weighted by Crippen LogP contribution is -1.83. The Morgan fingerprint density at radius 3 is 3.00 bits per heavy atom. The third kappa shape index (κ3) is 2.52. The zero-order valence-electron chi connectivity index (χ0n) is 8.27. The topological polar surface area (TPSA) is 38.7 Å². The zero-order chi connectivity index (χ0) is 10.7. The van der Waals surface area contributed by atoms with Crippen molar-refractivity contribution in [1.29, 1.82) is 0 Å². The predicted molar refractivity (Wildman–Crippen MR) is 62.3 cm³/mol. The van der Waals surface area contributed by atoms with Crippen LogP contribution < -0.4 is 0 Å². The molecule has 0 unspecified atom stereocenters. The number of hydrogen-bond acceptors (Lipinski definition) is 4. The van der Waals surface area contributed by atoms with E-state index in [0.717, 1.165) is 27.7 Å². The highest BCUT2D eigenvalue weighted by Crippen LogP contribution is 2.23. The molecular formula is C10H10ClN3S. The molecule has 0 aliphatic heterocycles. The summed E-state index contributed by atoms with van der Waals surface area (Å²) in [6, 6.07) is 3.95. The molecule has 0 aliphatic rings. The van der Waals surface area contributed by atoms with Gasteiger partial charge in [0, 0.05) is 29.8 Å². The summed E-state index contributed by atoms with van der Waals surface area (Å²) in [6.07, 6.45) is 2.57. The minimum atomic E-state index is 0.587. The lowest BCUT2D eigenvalue weighted by molar-refractivity contribution is 0.989. The van der Waals surface area contributed by atoms with E-state index in [4.69, 9.17) is 11.6 Å². The number of pyridine rings is 1. The molecule has 0 fully saturated rings. The number of aromatic nitrogens is 3. The summed E-state index contributed by atoms with van der Waals surface area (Å²) in [4.78, 5) is 4.14. The normalized spacial score (nSPS) is 10.5. The molecule has 78 valence electrons. The van der Waals surface area contributed by atoms with Crippen LogP contribution in [0.1, 0.15) is 10.7 Å². The summed E-state index contributed by atoms with van der Waals surface area (Å²) in [6.45, 7) is 1.96. The minimum absolute atomic E-state index is 0.587. The van der Waals surface area contributed by atoms with E-state index >= 15 is 0 Å². The molecule has 15 heavy (non-hydrogen) atoms. The van der Waals surface area contributed by atoms with Gasteiger partial charge in [-0.1, -0.05) is 11.3 Å². The fraction of sp³-hybridized carbons (Fsp3) is 0.300. The highest BCUT2D eigenvalue weighted by atomic mass is 35.5. The third-order valence-corrected chi connectivity index (χ3v) is 3.14. The molecule has 0 radical (unpaired) electrons. The van der Waals surface area contributed by atoms with Crippen molar-refractivity contribution in [3.63, 3.8) is 0 Å². The number of rotatable bonds is 3. The molecule has 0 saturated carbocycles. The van der Waals surface area contributed by atoms with Crippen molar-refractivity contribution < 1.29 is 0 Å². The number of alkyl halides is 1. The van der Waals surface area contributed by atoms with Gasteiger partial charge in [0.15, 0.2) is 0 Å². The van der Waals surface area contributed by atoms with E-state index < -0.39 is 0 Å². The van der Waals surface area contributed by atoms with Crippen LogP contribution in [0, 0.1) is 6.92 Å². The molecule has 0 amide bonds. The molecule has 2 rings (SSSR count). The van der Waals surface area contributed by atoms with Gasteiger partial charge in [-0.25, -0.2) is 0 Å². The van der Waals surface area contributed by atoms with Crippen molar-refractivity contribution in [2.75, 3.05) is 5.88 Å². The Kier molecular flexibility index (Phi) is 3.28. The lowest BCUT2D eigenvalue weighted by Gasteiger charge is -1.95. The van der Waals surface area contributed by atoms with Gasteiger partial charge in [-0.2, -0.15) is 0 Å². The summed E-state index contributed by atoms with van der Waals surface area (Å²) in [7, 11) is 0. The monoisotopic (exact) mass is 239 g/mol. The van der Waals surface area contributed by atoms with E-state index in [1.807, 2.05) is 19.1 Å². The van der Waals surface area contributed by atoms with E-state index in [2.05, 4.69) is 15.2 Å². The van der Waals surface area contributed by atoms with Gasteiger partial charge in [0.1, 0.15) is 10.0 Å². The molecule has 5 heteroatoms. The van der Waals surface area contributed by atoms with Crippen LogP contribution in [-0.4, -0.2) is 21.1 Å². The first-order chi connectivity index (χ1) is 7.29. The summed E-state index contributed by atoms with van der Waals surface area (Å²) >= 11 is 7.23. The smallest absolute Gasteiger partial charge is 0.147 e. The maximum Gasteiger partial charge on any atom is 0.147 e. The second kappa shape index (κ2) is 4.68. The number of halogens is 1. The third-order valence-electron chi connectivity index (χ3n) is 1.92. The van der Waals surface area contributed by atoms with E-state index in [1.165, 1.54) is 0 Å². The first kappa shape index (κ1) is 10.5. The molecule has 2 heterocycles. The quantitative estimate of drug-likeness (QED) is 0.773. The van der Waals surface area contributed by atoms with Gasteiger partial charge in [-0.05, 0) is 19.1 Å². The summed E-state index contributed by atoms with van der Waals surface area (Å²) in [5.74, 6) is 0.587. The van der Waals surface area contributed by atoms with Crippen LogP contribution in [0.2, 0.25) is 0 Å². The Hall–Kier alpha value is -1.000. The largest absolute Gasteiger partial charge is 0.262 e. The highest BCUT2D eigenvalue weighted by Gasteiger charge is 2.06. The highest BCUT2D eigenvalue weighted by molar-refractivity contribution is 7.14. The van der Waals surface area contributed by atoms with Gasteiger partial charge in [0.25, 0.3) is 0 Å². The summed E-state index contributed by atoms with van der Waals surface area (Å²) in [5, 5.41) is 10.1.